The average Bonchev–Trinajstić information content (AvgIpc) is 2.38. The molecule has 106 valence electrons. The van der Waals surface area contributed by atoms with E-state index in [4.69, 9.17) is 21.4 Å². The van der Waals surface area contributed by atoms with Crippen LogP contribution >= 0.6 is 11.6 Å². The van der Waals surface area contributed by atoms with Gasteiger partial charge in [-0.15, -0.1) is 0 Å². The molecule has 2 N–H and O–H groups in total. The van der Waals surface area contributed by atoms with Crippen molar-refractivity contribution in [1.29, 1.82) is 0 Å². The maximum Gasteiger partial charge on any atom is 0.260 e. The highest BCUT2D eigenvalue weighted by Gasteiger charge is 2.17. The Balaban J connectivity index is 2.52. The summed E-state index contributed by atoms with van der Waals surface area (Å²) in [5.41, 5.74) is 0. The minimum absolute atomic E-state index is 0.0251. The lowest BCUT2D eigenvalue weighted by Crippen LogP contribution is -2.42. The van der Waals surface area contributed by atoms with Crippen LogP contribution in [0.2, 0.25) is 5.02 Å². The van der Waals surface area contributed by atoms with Crippen LogP contribution in [0.5, 0.6) is 5.75 Å². The zero-order valence-electron chi connectivity index (χ0n) is 11.2. The summed E-state index contributed by atoms with van der Waals surface area (Å²) in [7, 11) is 0. The molecule has 0 heterocycles. The highest BCUT2D eigenvalue weighted by molar-refractivity contribution is 6.30. The zero-order chi connectivity index (χ0) is 14.3. The molecular weight excluding hydrogens is 266 g/mol. The molecule has 0 aliphatic rings. The summed E-state index contributed by atoms with van der Waals surface area (Å²) >= 11 is 5.85. The fourth-order valence-electron chi connectivity index (χ4n) is 1.65. The summed E-state index contributed by atoms with van der Waals surface area (Å²) in [5, 5.41) is 12.3. The third-order valence-corrected chi connectivity index (χ3v) is 3.03. The highest BCUT2D eigenvalue weighted by Crippen LogP contribution is 2.18. The van der Waals surface area contributed by atoms with Crippen molar-refractivity contribution in [2.24, 2.45) is 0 Å². The van der Waals surface area contributed by atoms with Gasteiger partial charge in [-0.2, -0.15) is 0 Å². The molecule has 0 fully saturated rings. The standard InChI is InChI=1S/C14H20ClNO3/c1-3-12(7-8-17)16-14(18)10(2)19-13-6-4-5-11(15)9-13/h4-6,9-10,12,17H,3,7-8H2,1-2H3,(H,16,18). The molecule has 2 atom stereocenters. The van der Waals surface area contributed by atoms with Crippen LogP contribution in [0.25, 0.3) is 0 Å². The van der Waals surface area contributed by atoms with Crippen molar-refractivity contribution in [2.45, 2.75) is 38.8 Å². The van der Waals surface area contributed by atoms with E-state index in [1.807, 2.05) is 6.92 Å². The number of nitrogens with one attached hydrogen (secondary N) is 1. The van der Waals surface area contributed by atoms with Gasteiger partial charge in [0.05, 0.1) is 0 Å². The summed E-state index contributed by atoms with van der Waals surface area (Å²) in [4.78, 5) is 11.9. The number of ether oxygens (including phenoxy) is 1. The lowest BCUT2D eigenvalue weighted by molar-refractivity contribution is -0.128. The van der Waals surface area contributed by atoms with E-state index in [9.17, 15) is 4.79 Å². The number of amides is 1. The van der Waals surface area contributed by atoms with Gasteiger partial charge in [-0.05, 0) is 38.0 Å². The number of rotatable bonds is 7. The summed E-state index contributed by atoms with van der Waals surface area (Å²) in [5.74, 6) is 0.366. The van der Waals surface area contributed by atoms with E-state index < -0.39 is 6.10 Å². The van der Waals surface area contributed by atoms with Gasteiger partial charge in [-0.25, -0.2) is 0 Å². The van der Waals surface area contributed by atoms with Gasteiger partial charge in [-0.1, -0.05) is 24.6 Å². The average molecular weight is 286 g/mol. The van der Waals surface area contributed by atoms with Gasteiger partial charge in [0.25, 0.3) is 5.91 Å². The van der Waals surface area contributed by atoms with Crippen molar-refractivity contribution in [2.75, 3.05) is 6.61 Å². The van der Waals surface area contributed by atoms with Crippen LogP contribution in [0.4, 0.5) is 0 Å². The highest BCUT2D eigenvalue weighted by atomic mass is 35.5. The predicted molar refractivity (Wildman–Crippen MR) is 75.5 cm³/mol. The molecule has 0 aliphatic carbocycles. The molecule has 1 aromatic rings. The normalized spacial score (nSPS) is 13.7. The molecule has 0 saturated heterocycles. The molecule has 2 unspecified atom stereocenters. The second-order valence-corrected chi connectivity index (χ2v) is 4.78. The van der Waals surface area contributed by atoms with Crippen molar-refractivity contribution >= 4 is 17.5 Å². The lowest BCUT2D eigenvalue weighted by atomic mass is 10.1. The van der Waals surface area contributed by atoms with Gasteiger partial charge in [0, 0.05) is 17.7 Å². The van der Waals surface area contributed by atoms with Gasteiger partial charge >= 0.3 is 0 Å². The van der Waals surface area contributed by atoms with Gasteiger partial charge in [0.1, 0.15) is 5.75 Å². The van der Waals surface area contributed by atoms with Crippen LogP contribution in [0.3, 0.4) is 0 Å². The molecule has 1 amide bonds. The monoisotopic (exact) mass is 285 g/mol. The number of carbonyl (C=O) groups is 1. The Bertz CT molecular complexity index is 411. The van der Waals surface area contributed by atoms with E-state index in [2.05, 4.69) is 5.32 Å². The predicted octanol–water partition coefficient (Wildman–Crippen LogP) is 2.38. The summed E-state index contributed by atoms with van der Waals surface area (Å²) in [6.07, 6.45) is 0.716. The number of halogens is 1. The minimum Gasteiger partial charge on any atom is -0.481 e. The molecule has 0 aromatic heterocycles. The van der Waals surface area contributed by atoms with E-state index in [1.165, 1.54) is 0 Å². The fraction of sp³-hybridized carbons (Fsp3) is 0.500. The third-order valence-electron chi connectivity index (χ3n) is 2.79. The smallest absolute Gasteiger partial charge is 0.260 e. The second kappa shape index (κ2) is 8.02. The van der Waals surface area contributed by atoms with Crippen molar-refractivity contribution in [1.82, 2.24) is 5.32 Å². The molecule has 1 aromatic carbocycles. The largest absolute Gasteiger partial charge is 0.481 e. The molecule has 0 bridgehead atoms. The Hall–Kier alpha value is -1.26. The number of hydrogen-bond acceptors (Lipinski definition) is 3. The lowest BCUT2D eigenvalue weighted by Gasteiger charge is -2.20. The Morgan fingerprint density at radius 3 is 2.84 bits per heavy atom. The molecular formula is C14H20ClNO3. The Labute approximate surface area is 118 Å². The van der Waals surface area contributed by atoms with E-state index in [1.54, 1.807) is 31.2 Å². The van der Waals surface area contributed by atoms with Crippen molar-refractivity contribution in [3.05, 3.63) is 29.3 Å². The second-order valence-electron chi connectivity index (χ2n) is 4.34. The third kappa shape index (κ3) is 5.49. The molecule has 19 heavy (non-hydrogen) atoms. The van der Waals surface area contributed by atoms with Crippen LogP contribution < -0.4 is 10.1 Å². The van der Waals surface area contributed by atoms with E-state index in [-0.39, 0.29) is 18.6 Å². The van der Waals surface area contributed by atoms with Crippen LogP contribution in [-0.2, 0) is 4.79 Å². The summed E-state index contributed by atoms with van der Waals surface area (Å²) in [6, 6.07) is 6.90. The number of aliphatic hydroxyl groups is 1. The van der Waals surface area contributed by atoms with Gasteiger partial charge in [-0.3, -0.25) is 4.79 Å². The Morgan fingerprint density at radius 1 is 1.53 bits per heavy atom. The first-order valence-electron chi connectivity index (χ1n) is 6.40. The van der Waals surface area contributed by atoms with E-state index in [0.29, 0.717) is 17.2 Å². The first kappa shape index (κ1) is 15.8. The minimum atomic E-state index is -0.605. The van der Waals surface area contributed by atoms with Crippen molar-refractivity contribution in [3.8, 4) is 5.75 Å². The number of hydrogen-bond donors (Lipinski definition) is 2. The molecule has 5 heteroatoms. The van der Waals surface area contributed by atoms with Crippen LogP contribution in [0, 0.1) is 0 Å². The van der Waals surface area contributed by atoms with Crippen molar-refractivity contribution < 1.29 is 14.6 Å². The quantitative estimate of drug-likeness (QED) is 0.809. The first-order valence-corrected chi connectivity index (χ1v) is 6.78. The molecule has 0 saturated carbocycles. The van der Waals surface area contributed by atoms with Crippen LogP contribution in [0.15, 0.2) is 24.3 Å². The topological polar surface area (TPSA) is 58.6 Å². The van der Waals surface area contributed by atoms with Crippen molar-refractivity contribution in [3.63, 3.8) is 0 Å². The molecule has 1 rings (SSSR count). The van der Waals surface area contributed by atoms with Gasteiger partial charge < -0.3 is 15.2 Å². The molecule has 0 spiro atoms. The first-order chi connectivity index (χ1) is 9.06. The van der Waals surface area contributed by atoms with Crippen LogP contribution in [-0.4, -0.2) is 29.8 Å². The maximum atomic E-state index is 11.9. The van der Waals surface area contributed by atoms with E-state index in [0.717, 1.165) is 6.42 Å². The SMILES string of the molecule is CCC(CCO)NC(=O)C(C)Oc1cccc(Cl)c1. The summed E-state index contributed by atoms with van der Waals surface area (Å²) < 4.78 is 5.52. The molecule has 4 nitrogen and oxygen atoms in total. The van der Waals surface area contributed by atoms with Crippen LogP contribution in [0.1, 0.15) is 26.7 Å². The number of benzene rings is 1. The summed E-state index contributed by atoms with van der Waals surface area (Å²) in [6.45, 7) is 3.70. The number of aliphatic hydroxyl groups excluding tert-OH is 1. The zero-order valence-corrected chi connectivity index (χ0v) is 12.0. The van der Waals surface area contributed by atoms with Gasteiger partial charge in [0.15, 0.2) is 6.10 Å². The Morgan fingerprint density at radius 2 is 2.26 bits per heavy atom. The molecule has 0 radical (unpaired) electrons. The Kier molecular flexibility index (Phi) is 6.67. The molecule has 0 aliphatic heterocycles. The maximum absolute atomic E-state index is 11.9. The van der Waals surface area contributed by atoms with Gasteiger partial charge in [0.2, 0.25) is 0 Å². The fourth-order valence-corrected chi connectivity index (χ4v) is 1.83. The van der Waals surface area contributed by atoms with E-state index >= 15 is 0 Å². The number of carbonyl (C=O) groups excluding carboxylic acids is 1.